The van der Waals surface area contributed by atoms with Gasteiger partial charge in [-0.25, -0.2) is 4.39 Å². The number of hydrogen-bond donors (Lipinski definition) is 2. The number of amides is 1. The number of aromatic nitrogens is 1. The maximum Gasteiger partial charge on any atom is 0.268 e. The number of halogens is 2. The lowest BCUT2D eigenvalue weighted by Gasteiger charge is -2.13. The summed E-state index contributed by atoms with van der Waals surface area (Å²) in [6, 6.07) is 14.0. The number of carbonyl (C=O) groups is 1. The highest BCUT2D eigenvalue weighted by atomic mass is 35.5. The summed E-state index contributed by atoms with van der Waals surface area (Å²) in [7, 11) is 0. The Bertz CT molecular complexity index is 790. The number of fused-ring (bicyclic) bond motifs is 1. The van der Waals surface area contributed by atoms with Crippen molar-refractivity contribution in [2.45, 2.75) is 13.0 Å². The van der Waals surface area contributed by atoms with E-state index in [0.717, 1.165) is 5.56 Å². The number of H-pyrrole nitrogens is 1. The van der Waals surface area contributed by atoms with Crippen LogP contribution >= 0.6 is 11.6 Å². The van der Waals surface area contributed by atoms with Crippen LogP contribution in [0.15, 0.2) is 48.5 Å². The monoisotopic (exact) mass is 316 g/mol. The minimum atomic E-state index is -0.513. The van der Waals surface area contributed by atoms with Gasteiger partial charge in [0.15, 0.2) is 0 Å². The van der Waals surface area contributed by atoms with Crippen LogP contribution in [-0.4, -0.2) is 10.9 Å². The average molecular weight is 317 g/mol. The minimum Gasteiger partial charge on any atom is -0.350 e. The molecular formula is C17H14ClFN2O. The molecule has 3 nitrogen and oxygen atoms in total. The molecule has 112 valence electrons. The zero-order valence-corrected chi connectivity index (χ0v) is 12.6. The van der Waals surface area contributed by atoms with Crippen LogP contribution in [0, 0.1) is 5.82 Å². The van der Waals surface area contributed by atoms with Gasteiger partial charge in [-0.2, -0.15) is 0 Å². The first kappa shape index (κ1) is 14.6. The van der Waals surface area contributed by atoms with Crippen LogP contribution in [0.5, 0.6) is 0 Å². The fourth-order valence-corrected chi connectivity index (χ4v) is 2.52. The summed E-state index contributed by atoms with van der Waals surface area (Å²) in [5, 5.41) is 3.64. The lowest BCUT2D eigenvalue weighted by molar-refractivity contribution is 0.0935. The molecule has 0 unspecified atom stereocenters. The van der Waals surface area contributed by atoms with E-state index in [1.54, 1.807) is 6.07 Å². The van der Waals surface area contributed by atoms with Gasteiger partial charge in [-0.15, -0.1) is 0 Å². The number of aromatic amines is 1. The summed E-state index contributed by atoms with van der Waals surface area (Å²) < 4.78 is 13.4. The summed E-state index contributed by atoms with van der Waals surface area (Å²) in [5.41, 5.74) is 1.93. The van der Waals surface area contributed by atoms with Gasteiger partial charge in [0, 0.05) is 10.9 Å². The molecule has 2 N–H and O–H groups in total. The second kappa shape index (κ2) is 5.81. The van der Waals surface area contributed by atoms with Crippen molar-refractivity contribution < 1.29 is 9.18 Å². The highest BCUT2D eigenvalue weighted by Crippen LogP contribution is 2.23. The number of carbonyl (C=O) groups excluding carboxylic acids is 1. The van der Waals surface area contributed by atoms with Crippen LogP contribution in [0.4, 0.5) is 4.39 Å². The molecule has 1 heterocycles. The molecule has 0 spiro atoms. The maximum absolute atomic E-state index is 13.4. The van der Waals surface area contributed by atoms with Gasteiger partial charge in [-0.3, -0.25) is 4.79 Å². The van der Waals surface area contributed by atoms with E-state index >= 15 is 0 Å². The molecular weight excluding hydrogens is 303 g/mol. The average Bonchev–Trinajstić information content (AvgIpc) is 2.91. The van der Waals surface area contributed by atoms with Gasteiger partial charge in [0.25, 0.3) is 5.91 Å². The van der Waals surface area contributed by atoms with Crippen LogP contribution in [0.2, 0.25) is 5.02 Å². The third-order valence-electron chi connectivity index (χ3n) is 3.55. The van der Waals surface area contributed by atoms with Crippen molar-refractivity contribution in [3.8, 4) is 0 Å². The predicted octanol–water partition coefficient (Wildman–Crippen LogP) is 4.45. The van der Waals surface area contributed by atoms with E-state index < -0.39 is 5.82 Å². The van der Waals surface area contributed by atoms with Crippen molar-refractivity contribution in [3.63, 3.8) is 0 Å². The van der Waals surface area contributed by atoms with E-state index in [1.807, 2.05) is 37.3 Å². The second-order valence-corrected chi connectivity index (χ2v) is 5.55. The molecule has 2 aromatic carbocycles. The molecule has 1 aromatic heterocycles. The van der Waals surface area contributed by atoms with Gasteiger partial charge < -0.3 is 10.3 Å². The standard InChI is InChI=1S/C17H14ClFN2O/c1-10(11-5-3-2-4-6-11)20-17(22)16-8-12-7-13(18)14(19)9-15(12)21-16/h2-10,21H,1H3,(H,20,22)/t10-/m1/s1. The third-order valence-corrected chi connectivity index (χ3v) is 3.84. The highest BCUT2D eigenvalue weighted by molar-refractivity contribution is 6.31. The molecule has 0 bridgehead atoms. The Hall–Kier alpha value is -2.33. The van der Waals surface area contributed by atoms with Gasteiger partial charge in [0.05, 0.1) is 11.1 Å². The minimum absolute atomic E-state index is 0.0381. The zero-order valence-electron chi connectivity index (χ0n) is 11.9. The molecule has 0 aliphatic heterocycles. The van der Waals surface area contributed by atoms with E-state index in [-0.39, 0.29) is 17.0 Å². The summed E-state index contributed by atoms with van der Waals surface area (Å²) in [4.78, 5) is 15.2. The van der Waals surface area contributed by atoms with Crippen LogP contribution in [0.3, 0.4) is 0 Å². The molecule has 5 heteroatoms. The SMILES string of the molecule is C[C@@H](NC(=O)c1cc2cc(Cl)c(F)cc2[nH]1)c1ccccc1. The first-order chi connectivity index (χ1) is 10.5. The molecule has 0 radical (unpaired) electrons. The molecule has 0 aliphatic carbocycles. The van der Waals surface area contributed by atoms with Crippen LogP contribution < -0.4 is 5.32 Å². The Kier molecular flexibility index (Phi) is 3.86. The van der Waals surface area contributed by atoms with Gasteiger partial charge in [-0.05, 0) is 30.7 Å². The summed E-state index contributed by atoms with van der Waals surface area (Å²) in [6.45, 7) is 1.91. The molecule has 0 saturated carbocycles. The highest BCUT2D eigenvalue weighted by Gasteiger charge is 2.14. The number of rotatable bonds is 3. The van der Waals surface area contributed by atoms with E-state index in [9.17, 15) is 9.18 Å². The van der Waals surface area contributed by atoms with Crippen molar-refractivity contribution in [1.82, 2.24) is 10.3 Å². The normalized spacial score (nSPS) is 12.3. The van der Waals surface area contributed by atoms with E-state index in [2.05, 4.69) is 10.3 Å². The largest absolute Gasteiger partial charge is 0.350 e. The van der Waals surface area contributed by atoms with Crippen molar-refractivity contribution in [2.75, 3.05) is 0 Å². The topological polar surface area (TPSA) is 44.9 Å². The third kappa shape index (κ3) is 2.83. The van der Waals surface area contributed by atoms with Gasteiger partial charge in [0.1, 0.15) is 11.5 Å². The summed E-state index contributed by atoms with van der Waals surface area (Å²) in [5.74, 6) is -0.760. The number of nitrogens with one attached hydrogen (secondary N) is 2. The zero-order chi connectivity index (χ0) is 15.7. The Morgan fingerprint density at radius 2 is 1.95 bits per heavy atom. The quantitative estimate of drug-likeness (QED) is 0.736. The van der Waals surface area contributed by atoms with Gasteiger partial charge in [-0.1, -0.05) is 41.9 Å². The van der Waals surface area contributed by atoms with Crippen molar-refractivity contribution >= 4 is 28.4 Å². The molecule has 1 atom stereocenters. The molecule has 3 aromatic rings. The van der Waals surface area contributed by atoms with Gasteiger partial charge in [0.2, 0.25) is 0 Å². The molecule has 0 fully saturated rings. The Morgan fingerprint density at radius 3 is 2.68 bits per heavy atom. The molecule has 1 amide bonds. The van der Waals surface area contributed by atoms with Crippen LogP contribution in [-0.2, 0) is 0 Å². The van der Waals surface area contributed by atoms with E-state index in [4.69, 9.17) is 11.6 Å². The van der Waals surface area contributed by atoms with Crippen molar-refractivity contribution in [3.05, 3.63) is 70.6 Å². The van der Waals surface area contributed by atoms with Crippen molar-refractivity contribution in [1.29, 1.82) is 0 Å². The predicted molar refractivity (Wildman–Crippen MR) is 85.6 cm³/mol. The fourth-order valence-electron chi connectivity index (χ4n) is 2.35. The first-order valence-electron chi connectivity index (χ1n) is 6.88. The van der Waals surface area contributed by atoms with E-state index in [1.165, 1.54) is 12.1 Å². The smallest absolute Gasteiger partial charge is 0.268 e. The van der Waals surface area contributed by atoms with Crippen molar-refractivity contribution in [2.24, 2.45) is 0 Å². The lowest BCUT2D eigenvalue weighted by Crippen LogP contribution is -2.26. The summed E-state index contributed by atoms with van der Waals surface area (Å²) in [6.07, 6.45) is 0. The Labute approximate surface area is 132 Å². The summed E-state index contributed by atoms with van der Waals surface area (Å²) >= 11 is 5.75. The molecule has 0 saturated heterocycles. The maximum atomic E-state index is 13.4. The van der Waals surface area contributed by atoms with Crippen LogP contribution in [0.1, 0.15) is 29.0 Å². The number of hydrogen-bond acceptors (Lipinski definition) is 1. The fraction of sp³-hybridized carbons (Fsp3) is 0.118. The lowest BCUT2D eigenvalue weighted by atomic mass is 10.1. The van der Waals surface area contributed by atoms with Gasteiger partial charge >= 0.3 is 0 Å². The number of benzene rings is 2. The van der Waals surface area contributed by atoms with E-state index in [0.29, 0.717) is 16.6 Å². The Morgan fingerprint density at radius 1 is 1.23 bits per heavy atom. The molecule has 0 aliphatic rings. The Balaban J connectivity index is 1.83. The molecule has 3 rings (SSSR count). The van der Waals surface area contributed by atoms with Crippen LogP contribution in [0.25, 0.3) is 10.9 Å². The first-order valence-corrected chi connectivity index (χ1v) is 7.26. The molecule has 22 heavy (non-hydrogen) atoms. The second-order valence-electron chi connectivity index (χ2n) is 5.14.